The molecule has 1 aliphatic heterocycles. The molecule has 0 spiro atoms. The highest BCUT2D eigenvalue weighted by Crippen LogP contribution is 2.34. The number of amides is 1. The van der Waals surface area contributed by atoms with Crippen LogP contribution >= 0.6 is 11.6 Å². The molecule has 0 bridgehead atoms. The molecule has 1 amide bonds. The summed E-state index contributed by atoms with van der Waals surface area (Å²) in [5.41, 5.74) is 4.08. The summed E-state index contributed by atoms with van der Waals surface area (Å²) in [5.74, 6) is 2.87. The zero-order valence-electron chi connectivity index (χ0n) is 24.4. The van der Waals surface area contributed by atoms with Crippen molar-refractivity contribution in [2.24, 2.45) is 0 Å². The number of hydrogen-bond donors (Lipinski definition) is 2. The molecule has 10 heteroatoms. The van der Waals surface area contributed by atoms with Crippen LogP contribution in [0.4, 0.5) is 0 Å². The highest BCUT2D eigenvalue weighted by molar-refractivity contribution is 6.30. The lowest BCUT2D eigenvalue weighted by Gasteiger charge is -2.28. The number of nitrogens with one attached hydrogen (secondary N) is 1. The van der Waals surface area contributed by atoms with E-state index in [-0.39, 0.29) is 12.4 Å². The van der Waals surface area contributed by atoms with Crippen LogP contribution < -0.4 is 24.3 Å². The second-order valence-corrected chi connectivity index (χ2v) is 10.5. The molecule has 0 radical (unpaired) electrons. The molecule has 3 aromatic rings. The molecule has 2 aliphatic rings. The van der Waals surface area contributed by atoms with Gasteiger partial charge in [-0.15, -0.1) is 0 Å². The number of halogens is 1. The number of nitrogens with zero attached hydrogens (tertiary/aromatic N) is 1. The smallest absolute Gasteiger partial charge is 0.290 e. The van der Waals surface area contributed by atoms with E-state index in [1.54, 1.807) is 32.4 Å². The van der Waals surface area contributed by atoms with E-state index in [1.165, 1.54) is 0 Å². The lowest BCUT2D eigenvalue weighted by molar-refractivity contribution is -0.128. The molecule has 9 nitrogen and oxygen atoms in total. The molecular weight excluding hydrogens is 572 g/mol. The van der Waals surface area contributed by atoms with Crippen LogP contribution in [-0.2, 0) is 16.1 Å². The molecule has 228 valence electrons. The predicted molar refractivity (Wildman–Crippen MR) is 165 cm³/mol. The van der Waals surface area contributed by atoms with E-state index in [0.29, 0.717) is 48.9 Å². The fourth-order valence-electron chi connectivity index (χ4n) is 4.93. The maximum Gasteiger partial charge on any atom is 0.290 e. The van der Waals surface area contributed by atoms with Crippen molar-refractivity contribution in [3.63, 3.8) is 0 Å². The minimum atomic E-state index is -0.250. The van der Waals surface area contributed by atoms with Crippen molar-refractivity contribution in [2.45, 2.75) is 31.8 Å². The molecular formula is C33H37ClN2O7. The van der Waals surface area contributed by atoms with Crippen LogP contribution in [0, 0.1) is 0 Å². The van der Waals surface area contributed by atoms with Crippen molar-refractivity contribution < 1.29 is 33.6 Å². The van der Waals surface area contributed by atoms with Crippen LogP contribution in [0.2, 0.25) is 5.02 Å². The van der Waals surface area contributed by atoms with Gasteiger partial charge in [0.25, 0.3) is 12.4 Å². The number of carbonyl (C=O) groups is 2. The quantitative estimate of drug-likeness (QED) is 0.206. The largest absolute Gasteiger partial charge is 0.497 e. The summed E-state index contributed by atoms with van der Waals surface area (Å²) in [6.45, 7) is 2.48. The van der Waals surface area contributed by atoms with Crippen molar-refractivity contribution in [1.82, 2.24) is 10.2 Å². The number of hydrogen-bond acceptors (Lipinski definition) is 7. The topological polar surface area (TPSA) is 107 Å². The Kier molecular flexibility index (Phi) is 11.7. The van der Waals surface area contributed by atoms with E-state index >= 15 is 0 Å². The summed E-state index contributed by atoms with van der Waals surface area (Å²) < 4.78 is 22.4. The number of methoxy groups -OCH3 is 2. The number of rotatable bonds is 12. The number of carbonyl (C=O) groups excluding carboxylic acids is 1. The molecule has 0 unspecified atom stereocenters. The van der Waals surface area contributed by atoms with Gasteiger partial charge in [0.05, 0.1) is 14.2 Å². The van der Waals surface area contributed by atoms with Gasteiger partial charge in [0.15, 0.2) is 11.5 Å². The van der Waals surface area contributed by atoms with Crippen molar-refractivity contribution >= 4 is 29.6 Å². The van der Waals surface area contributed by atoms with Gasteiger partial charge in [0.1, 0.15) is 24.7 Å². The second-order valence-electron chi connectivity index (χ2n) is 10.0. The van der Waals surface area contributed by atoms with E-state index in [0.717, 1.165) is 59.6 Å². The summed E-state index contributed by atoms with van der Waals surface area (Å²) in [4.78, 5) is 24.3. The molecule has 2 N–H and O–H groups in total. The fraction of sp³-hybridized carbons (Fsp3) is 0.333. The van der Waals surface area contributed by atoms with Gasteiger partial charge in [0.2, 0.25) is 0 Å². The Bertz CT molecular complexity index is 1410. The SMILES string of the molecule is COc1cccc(CN(C(=O)C2=C(c3ccc(OCCOc4ccc(Cl)cc4OC)cc3)CCNC2)C2CC2)c1.O=CO. The van der Waals surface area contributed by atoms with Gasteiger partial charge in [-0.2, -0.15) is 0 Å². The molecule has 5 rings (SSSR count). The number of carboxylic acid groups (broad SMARTS) is 1. The first-order valence-electron chi connectivity index (χ1n) is 14.1. The van der Waals surface area contributed by atoms with Gasteiger partial charge < -0.3 is 34.3 Å². The van der Waals surface area contributed by atoms with Crippen LogP contribution in [0.1, 0.15) is 30.4 Å². The molecule has 1 fully saturated rings. The molecule has 0 atom stereocenters. The lowest BCUT2D eigenvalue weighted by atomic mass is 9.93. The van der Waals surface area contributed by atoms with Crippen LogP contribution in [0.25, 0.3) is 5.57 Å². The maximum absolute atomic E-state index is 13.9. The molecule has 1 aliphatic carbocycles. The van der Waals surface area contributed by atoms with Crippen molar-refractivity contribution in [1.29, 1.82) is 0 Å². The summed E-state index contributed by atoms with van der Waals surface area (Å²) in [7, 11) is 3.24. The Balaban J connectivity index is 0.00000135. The van der Waals surface area contributed by atoms with E-state index in [4.69, 9.17) is 40.4 Å². The third-order valence-electron chi connectivity index (χ3n) is 7.15. The first-order chi connectivity index (χ1) is 21.0. The van der Waals surface area contributed by atoms with Crippen LogP contribution in [-0.4, -0.2) is 69.0 Å². The molecule has 1 saturated carbocycles. The third kappa shape index (κ3) is 8.89. The third-order valence-corrected chi connectivity index (χ3v) is 7.38. The van der Waals surface area contributed by atoms with Gasteiger partial charge in [-0.25, -0.2) is 0 Å². The molecule has 1 heterocycles. The van der Waals surface area contributed by atoms with E-state index in [9.17, 15) is 4.79 Å². The average molecular weight is 609 g/mol. The lowest BCUT2D eigenvalue weighted by Crippen LogP contribution is -2.39. The van der Waals surface area contributed by atoms with Crippen LogP contribution in [0.15, 0.2) is 72.3 Å². The Morgan fingerprint density at radius 1 is 0.977 bits per heavy atom. The minimum absolute atomic E-state index is 0.114. The van der Waals surface area contributed by atoms with Gasteiger partial charge in [-0.05, 0) is 78.9 Å². The molecule has 0 saturated heterocycles. The Morgan fingerprint density at radius 3 is 2.42 bits per heavy atom. The Hall–Kier alpha value is -4.21. The van der Waals surface area contributed by atoms with Crippen LogP contribution in [0.3, 0.4) is 0 Å². The van der Waals surface area contributed by atoms with E-state index in [2.05, 4.69) is 11.4 Å². The monoisotopic (exact) mass is 608 g/mol. The molecule has 43 heavy (non-hydrogen) atoms. The normalized spacial score (nSPS) is 14.2. The Labute approximate surface area is 257 Å². The van der Waals surface area contributed by atoms with Gasteiger partial charge in [-0.3, -0.25) is 9.59 Å². The van der Waals surface area contributed by atoms with E-state index in [1.807, 2.05) is 47.4 Å². The van der Waals surface area contributed by atoms with Gasteiger partial charge in [0, 0.05) is 35.8 Å². The fourth-order valence-corrected chi connectivity index (χ4v) is 5.09. The Morgan fingerprint density at radius 2 is 1.72 bits per heavy atom. The van der Waals surface area contributed by atoms with Crippen molar-refractivity contribution in [3.8, 4) is 23.0 Å². The highest BCUT2D eigenvalue weighted by atomic mass is 35.5. The zero-order chi connectivity index (χ0) is 30.6. The number of benzene rings is 3. The first-order valence-corrected chi connectivity index (χ1v) is 14.5. The first kappa shape index (κ1) is 31.7. The maximum atomic E-state index is 13.9. The van der Waals surface area contributed by atoms with Crippen molar-refractivity contribution in [2.75, 3.05) is 40.5 Å². The summed E-state index contributed by atoms with van der Waals surface area (Å²) >= 11 is 6.01. The van der Waals surface area contributed by atoms with Gasteiger partial charge in [-0.1, -0.05) is 35.9 Å². The van der Waals surface area contributed by atoms with Crippen molar-refractivity contribution in [3.05, 3.63) is 88.5 Å². The average Bonchev–Trinajstić information content (AvgIpc) is 3.88. The highest BCUT2D eigenvalue weighted by Gasteiger charge is 2.35. The standard InChI is InChI=1S/C32H35ClN2O5.CH2O2/c1-37-27-5-3-4-22(18-27)21-35(25-9-10-25)32(36)29-20-34-15-14-28(29)23-6-11-26(12-7-23)39-16-17-40-30-13-8-24(33)19-31(30)38-2;2-1-3/h3-8,11-13,18-19,25,34H,9-10,14-17,20-21H2,1-2H3;1H,(H,2,3). The van der Waals surface area contributed by atoms with E-state index < -0.39 is 0 Å². The number of ether oxygens (including phenoxy) is 4. The molecule has 3 aromatic carbocycles. The van der Waals surface area contributed by atoms with Gasteiger partial charge >= 0.3 is 0 Å². The summed E-state index contributed by atoms with van der Waals surface area (Å²) in [6, 6.07) is 21.5. The minimum Gasteiger partial charge on any atom is -0.497 e. The summed E-state index contributed by atoms with van der Waals surface area (Å²) in [5, 5.41) is 10.9. The van der Waals surface area contributed by atoms with Crippen LogP contribution in [0.5, 0.6) is 23.0 Å². The zero-order valence-corrected chi connectivity index (χ0v) is 25.1. The molecule has 0 aromatic heterocycles. The second kappa shape index (κ2) is 15.9. The predicted octanol–water partition coefficient (Wildman–Crippen LogP) is 5.45. The summed E-state index contributed by atoms with van der Waals surface area (Å²) in [6.07, 6.45) is 2.90.